The van der Waals surface area contributed by atoms with E-state index in [1.807, 2.05) is 4.90 Å². The monoisotopic (exact) mass is 452 g/mol. The van der Waals surface area contributed by atoms with Crippen LogP contribution in [0.1, 0.15) is 39.2 Å². The zero-order chi connectivity index (χ0) is 20.2. The number of carbonyl (C=O) groups excluding carboxylic acids is 1. The zero-order valence-electron chi connectivity index (χ0n) is 15.5. The SMILES string of the molecule is CC(C)(C)OC(=O)N[C@H]1CCCN(Cc2cc(Br)ccc2OC(F)(F)F)C1. The van der Waals surface area contributed by atoms with Gasteiger partial charge in [-0.25, -0.2) is 4.79 Å². The van der Waals surface area contributed by atoms with Crippen LogP contribution in [0.25, 0.3) is 0 Å². The first-order chi connectivity index (χ1) is 12.4. The largest absolute Gasteiger partial charge is 0.573 e. The number of halogens is 4. The van der Waals surface area contributed by atoms with Gasteiger partial charge in [0.1, 0.15) is 11.4 Å². The van der Waals surface area contributed by atoms with Gasteiger partial charge in [0.2, 0.25) is 0 Å². The molecular weight excluding hydrogens is 429 g/mol. The minimum absolute atomic E-state index is 0.118. The topological polar surface area (TPSA) is 50.8 Å². The van der Waals surface area contributed by atoms with Gasteiger partial charge in [0.05, 0.1) is 0 Å². The number of piperidine rings is 1. The molecule has 1 heterocycles. The summed E-state index contributed by atoms with van der Waals surface area (Å²) < 4.78 is 48.0. The normalized spacial score (nSPS) is 18.9. The molecule has 2 rings (SSSR count). The maximum Gasteiger partial charge on any atom is 0.573 e. The second-order valence-electron chi connectivity index (χ2n) is 7.52. The Balaban J connectivity index is 2.01. The summed E-state index contributed by atoms with van der Waals surface area (Å²) in [6.07, 6.45) is -3.62. The molecule has 0 aliphatic carbocycles. The molecule has 5 nitrogen and oxygen atoms in total. The van der Waals surface area contributed by atoms with Crippen LogP contribution in [-0.2, 0) is 11.3 Å². The van der Waals surface area contributed by atoms with E-state index in [4.69, 9.17) is 4.74 Å². The van der Waals surface area contributed by atoms with Crippen LogP contribution in [0.15, 0.2) is 22.7 Å². The lowest BCUT2D eigenvalue weighted by molar-refractivity contribution is -0.275. The number of hydrogen-bond donors (Lipinski definition) is 1. The lowest BCUT2D eigenvalue weighted by Crippen LogP contribution is -2.48. The van der Waals surface area contributed by atoms with Gasteiger partial charge in [-0.2, -0.15) is 0 Å². The highest BCUT2D eigenvalue weighted by Gasteiger charge is 2.32. The summed E-state index contributed by atoms with van der Waals surface area (Å²) >= 11 is 3.28. The summed E-state index contributed by atoms with van der Waals surface area (Å²) in [6, 6.07) is 4.31. The Hall–Kier alpha value is -1.48. The van der Waals surface area contributed by atoms with Gasteiger partial charge in [0.15, 0.2) is 0 Å². The molecule has 9 heteroatoms. The lowest BCUT2D eigenvalue weighted by atomic mass is 10.0. The van der Waals surface area contributed by atoms with Gasteiger partial charge >= 0.3 is 12.5 Å². The van der Waals surface area contributed by atoms with Crippen molar-refractivity contribution in [3.8, 4) is 5.75 Å². The predicted molar refractivity (Wildman–Crippen MR) is 98.5 cm³/mol. The van der Waals surface area contributed by atoms with Crippen molar-refractivity contribution in [1.29, 1.82) is 0 Å². The third kappa shape index (κ3) is 7.96. The number of ether oxygens (including phenoxy) is 2. The number of carbonyl (C=O) groups is 1. The number of benzene rings is 1. The zero-order valence-corrected chi connectivity index (χ0v) is 17.1. The van der Waals surface area contributed by atoms with E-state index in [0.717, 1.165) is 19.4 Å². The minimum Gasteiger partial charge on any atom is -0.444 e. The van der Waals surface area contributed by atoms with Crippen molar-refractivity contribution in [2.45, 2.75) is 58.2 Å². The van der Waals surface area contributed by atoms with Crippen molar-refractivity contribution in [2.75, 3.05) is 13.1 Å². The van der Waals surface area contributed by atoms with Crippen molar-refractivity contribution in [2.24, 2.45) is 0 Å². The van der Waals surface area contributed by atoms with Gasteiger partial charge in [0, 0.05) is 29.2 Å². The Labute approximate surface area is 165 Å². The third-order valence-electron chi connectivity index (χ3n) is 3.87. The number of nitrogens with one attached hydrogen (secondary N) is 1. The number of hydrogen-bond acceptors (Lipinski definition) is 4. The molecule has 27 heavy (non-hydrogen) atoms. The van der Waals surface area contributed by atoms with Crippen LogP contribution in [-0.4, -0.2) is 42.1 Å². The Morgan fingerprint density at radius 1 is 1.33 bits per heavy atom. The number of amides is 1. The molecule has 1 amide bonds. The molecule has 1 aliphatic heterocycles. The summed E-state index contributed by atoms with van der Waals surface area (Å²) in [6.45, 7) is 6.90. The molecule has 0 spiro atoms. The standard InChI is InChI=1S/C18H24BrF3N2O3/c1-17(2,3)27-16(25)23-14-5-4-8-24(11-14)10-12-9-13(19)6-7-15(12)26-18(20,21)22/h6-7,9,14H,4-5,8,10-11H2,1-3H3,(H,23,25)/t14-/m0/s1. The lowest BCUT2D eigenvalue weighted by Gasteiger charge is -2.34. The molecule has 1 aliphatic rings. The Kier molecular flexibility index (Phi) is 7.02. The fourth-order valence-corrected chi connectivity index (χ4v) is 3.34. The van der Waals surface area contributed by atoms with E-state index in [9.17, 15) is 18.0 Å². The van der Waals surface area contributed by atoms with E-state index >= 15 is 0 Å². The van der Waals surface area contributed by atoms with Crippen molar-refractivity contribution < 1.29 is 27.4 Å². The predicted octanol–water partition coefficient (Wildman–Crippen LogP) is 4.84. The highest BCUT2D eigenvalue weighted by atomic mass is 79.9. The molecule has 0 saturated carbocycles. The van der Waals surface area contributed by atoms with Crippen LogP contribution < -0.4 is 10.1 Å². The number of likely N-dealkylation sites (tertiary alicyclic amines) is 1. The number of alkyl halides is 3. The molecule has 1 atom stereocenters. The molecule has 152 valence electrons. The summed E-state index contributed by atoms with van der Waals surface area (Å²) in [5, 5.41) is 2.83. The first-order valence-corrected chi connectivity index (χ1v) is 9.46. The van der Waals surface area contributed by atoms with Gasteiger partial charge in [0.25, 0.3) is 0 Å². The van der Waals surface area contributed by atoms with Gasteiger partial charge in [-0.05, 0) is 58.4 Å². The minimum atomic E-state index is -4.74. The first kappa shape index (κ1) is 21.8. The molecule has 0 radical (unpaired) electrons. The van der Waals surface area contributed by atoms with Crippen molar-refractivity contribution >= 4 is 22.0 Å². The van der Waals surface area contributed by atoms with Crippen LogP contribution in [0.5, 0.6) is 5.75 Å². The average Bonchev–Trinajstić information content (AvgIpc) is 2.47. The van der Waals surface area contributed by atoms with Crippen LogP contribution in [0.2, 0.25) is 0 Å². The fraction of sp³-hybridized carbons (Fsp3) is 0.611. The van der Waals surface area contributed by atoms with E-state index in [1.165, 1.54) is 12.1 Å². The molecule has 1 N–H and O–H groups in total. The van der Waals surface area contributed by atoms with Gasteiger partial charge < -0.3 is 14.8 Å². The van der Waals surface area contributed by atoms with E-state index in [-0.39, 0.29) is 18.3 Å². The van der Waals surface area contributed by atoms with Crippen molar-refractivity contribution in [3.05, 3.63) is 28.2 Å². The Morgan fingerprint density at radius 3 is 2.67 bits per heavy atom. The summed E-state index contributed by atoms with van der Waals surface area (Å²) in [5.74, 6) is -0.215. The Bertz CT molecular complexity index is 662. The Morgan fingerprint density at radius 2 is 2.04 bits per heavy atom. The highest BCUT2D eigenvalue weighted by molar-refractivity contribution is 9.10. The first-order valence-electron chi connectivity index (χ1n) is 8.67. The summed E-state index contributed by atoms with van der Waals surface area (Å²) in [7, 11) is 0. The van der Waals surface area contributed by atoms with Crippen LogP contribution in [0, 0.1) is 0 Å². The summed E-state index contributed by atoms with van der Waals surface area (Å²) in [5.41, 5.74) is -0.155. The van der Waals surface area contributed by atoms with E-state index in [1.54, 1.807) is 26.8 Å². The van der Waals surface area contributed by atoms with Crippen LogP contribution >= 0.6 is 15.9 Å². The van der Waals surface area contributed by atoms with Crippen LogP contribution in [0.4, 0.5) is 18.0 Å². The molecular formula is C18H24BrF3N2O3. The van der Waals surface area contributed by atoms with E-state index in [2.05, 4.69) is 26.0 Å². The molecule has 0 aromatic heterocycles. The van der Waals surface area contributed by atoms with Gasteiger partial charge in [-0.1, -0.05) is 15.9 Å². The van der Waals surface area contributed by atoms with E-state index < -0.39 is 18.1 Å². The van der Waals surface area contributed by atoms with Gasteiger partial charge in [-0.3, -0.25) is 4.90 Å². The van der Waals surface area contributed by atoms with Crippen LogP contribution in [0.3, 0.4) is 0 Å². The molecule has 1 aromatic rings. The molecule has 0 unspecified atom stereocenters. The second-order valence-corrected chi connectivity index (χ2v) is 8.44. The molecule has 0 bridgehead atoms. The number of alkyl carbamates (subject to hydrolysis) is 1. The van der Waals surface area contributed by atoms with Crippen molar-refractivity contribution in [3.63, 3.8) is 0 Å². The quantitative estimate of drug-likeness (QED) is 0.710. The smallest absolute Gasteiger partial charge is 0.444 e. The number of rotatable bonds is 4. The summed E-state index contributed by atoms with van der Waals surface area (Å²) in [4.78, 5) is 13.9. The van der Waals surface area contributed by atoms with Crippen molar-refractivity contribution in [1.82, 2.24) is 10.2 Å². The average molecular weight is 453 g/mol. The van der Waals surface area contributed by atoms with Gasteiger partial charge in [-0.15, -0.1) is 13.2 Å². The molecule has 1 aromatic carbocycles. The molecule has 1 fully saturated rings. The maximum absolute atomic E-state index is 12.6. The number of nitrogens with zero attached hydrogens (tertiary/aromatic N) is 1. The third-order valence-corrected chi connectivity index (χ3v) is 4.36. The maximum atomic E-state index is 12.6. The second kappa shape index (κ2) is 8.68. The highest BCUT2D eigenvalue weighted by Crippen LogP contribution is 2.30. The fourth-order valence-electron chi connectivity index (χ4n) is 2.93. The van der Waals surface area contributed by atoms with E-state index in [0.29, 0.717) is 16.6 Å². The molecule has 1 saturated heterocycles.